The fourth-order valence-electron chi connectivity index (χ4n) is 1.75. The maximum atomic E-state index is 12.1. The van der Waals surface area contributed by atoms with E-state index in [-0.39, 0.29) is 5.91 Å². The van der Waals surface area contributed by atoms with Crippen molar-refractivity contribution in [2.45, 2.75) is 0 Å². The van der Waals surface area contributed by atoms with E-state index in [0.29, 0.717) is 22.7 Å². The van der Waals surface area contributed by atoms with Gasteiger partial charge in [0, 0.05) is 5.56 Å². The molecule has 0 aliphatic heterocycles. The van der Waals surface area contributed by atoms with E-state index in [1.165, 1.54) is 0 Å². The summed E-state index contributed by atoms with van der Waals surface area (Å²) in [5.74, 6) is 0.913. The maximum absolute atomic E-state index is 12.1. The highest BCUT2D eigenvalue weighted by atomic mass is 16.5. The van der Waals surface area contributed by atoms with Gasteiger partial charge in [-0.05, 0) is 24.3 Å². The molecule has 0 atom stereocenters. The lowest BCUT2D eigenvalue weighted by atomic mass is 10.2. The standard InChI is InChI=1S/C15H15NO3/c1-18-12-9-6-10-13(19-2)14(12)16-15(17)11-7-4-3-5-8-11/h3-10H,1-2H3,(H,16,17). The molecule has 0 unspecified atom stereocenters. The van der Waals surface area contributed by atoms with Crippen LogP contribution in [-0.4, -0.2) is 20.1 Å². The first-order chi connectivity index (χ1) is 9.26. The van der Waals surface area contributed by atoms with Crippen LogP contribution in [0.5, 0.6) is 11.5 Å². The van der Waals surface area contributed by atoms with E-state index in [4.69, 9.17) is 9.47 Å². The minimum atomic E-state index is -0.205. The van der Waals surface area contributed by atoms with Gasteiger partial charge in [0.25, 0.3) is 5.91 Å². The van der Waals surface area contributed by atoms with Gasteiger partial charge in [0.15, 0.2) is 0 Å². The highest BCUT2D eigenvalue weighted by Gasteiger charge is 2.13. The molecule has 0 fully saturated rings. The Kier molecular flexibility index (Phi) is 4.03. The third kappa shape index (κ3) is 2.85. The molecule has 0 aliphatic rings. The summed E-state index contributed by atoms with van der Waals surface area (Å²) >= 11 is 0. The number of methoxy groups -OCH3 is 2. The summed E-state index contributed by atoms with van der Waals surface area (Å²) in [5, 5.41) is 2.81. The zero-order chi connectivity index (χ0) is 13.7. The minimum Gasteiger partial charge on any atom is -0.494 e. The number of carbonyl (C=O) groups is 1. The summed E-state index contributed by atoms with van der Waals surface area (Å²) in [7, 11) is 3.10. The molecule has 0 aliphatic carbocycles. The van der Waals surface area contributed by atoms with Crippen molar-refractivity contribution in [2.75, 3.05) is 19.5 Å². The van der Waals surface area contributed by atoms with Gasteiger partial charge in [0.1, 0.15) is 17.2 Å². The number of rotatable bonds is 4. The van der Waals surface area contributed by atoms with Gasteiger partial charge in [0.2, 0.25) is 0 Å². The van der Waals surface area contributed by atoms with Crippen molar-refractivity contribution in [3.05, 3.63) is 54.1 Å². The molecule has 1 amide bonds. The van der Waals surface area contributed by atoms with E-state index in [9.17, 15) is 4.79 Å². The highest BCUT2D eigenvalue weighted by Crippen LogP contribution is 2.34. The summed E-state index contributed by atoms with van der Waals surface area (Å²) in [6.07, 6.45) is 0. The molecule has 0 bridgehead atoms. The Bertz CT molecular complexity index is 545. The summed E-state index contributed by atoms with van der Waals surface area (Å²) in [4.78, 5) is 12.1. The number of benzene rings is 2. The average Bonchev–Trinajstić information content (AvgIpc) is 2.48. The van der Waals surface area contributed by atoms with E-state index < -0.39 is 0 Å². The Morgan fingerprint density at radius 1 is 0.895 bits per heavy atom. The molecule has 2 aromatic rings. The predicted molar refractivity (Wildman–Crippen MR) is 73.9 cm³/mol. The van der Waals surface area contributed by atoms with Crippen molar-refractivity contribution in [3.63, 3.8) is 0 Å². The van der Waals surface area contributed by atoms with Gasteiger partial charge in [-0.15, -0.1) is 0 Å². The lowest BCUT2D eigenvalue weighted by Gasteiger charge is -2.13. The Hall–Kier alpha value is -2.49. The largest absolute Gasteiger partial charge is 0.494 e. The molecule has 19 heavy (non-hydrogen) atoms. The number of hydrogen-bond donors (Lipinski definition) is 1. The first kappa shape index (κ1) is 13.0. The monoisotopic (exact) mass is 257 g/mol. The number of para-hydroxylation sites is 1. The number of hydrogen-bond acceptors (Lipinski definition) is 3. The fourth-order valence-corrected chi connectivity index (χ4v) is 1.75. The van der Waals surface area contributed by atoms with Crippen LogP contribution in [0.2, 0.25) is 0 Å². The van der Waals surface area contributed by atoms with Gasteiger partial charge in [-0.2, -0.15) is 0 Å². The van der Waals surface area contributed by atoms with Crippen LogP contribution in [0.3, 0.4) is 0 Å². The first-order valence-electron chi connectivity index (χ1n) is 5.83. The van der Waals surface area contributed by atoms with Crippen LogP contribution in [-0.2, 0) is 0 Å². The van der Waals surface area contributed by atoms with E-state index >= 15 is 0 Å². The van der Waals surface area contributed by atoms with Crippen molar-refractivity contribution >= 4 is 11.6 Å². The lowest BCUT2D eigenvalue weighted by Crippen LogP contribution is -2.13. The smallest absolute Gasteiger partial charge is 0.255 e. The van der Waals surface area contributed by atoms with Crippen LogP contribution in [0, 0.1) is 0 Å². The Morgan fingerprint density at radius 2 is 1.47 bits per heavy atom. The molecule has 98 valence electrons. The second-order valence-corrected chi connectivity index (χ2v) is 3.86. The third-order valence-electron chi connectivity index (χ3n) is 2.70. The molecule has 2 rings (SSSR count). The molecular weight excluding hydrogens is 242 g/mol. The average molecular weight is 257 g/mol. The lowest BCUT2D eigenvalue weighted by molar-refractivity contribution is 0.102. The van der Waals surface area contributed by atoms with Crippen molar-refractivity contribution in [3.8, 4) is 11.5 Å². The van der Waals surface area contributed by atoms with E-state index in [2.05, 4.69) is 5.32 Å². The molecule has 4 heteroatoms. The summed E-state index contributed by atoms with van der Waals surface area (Å²) in [6, 6.07) is 14.3. The summed E-state index contributed by atoms with van der Waals surface area (Å²) < 4.78 is 10.5. The van der Waals surface area contributed by atoms with Crippen molar-refractivity contribution in [1.82, 2.24) is 0 Å². The zero-order valence-corrected chi connectivity index (χ0v) is 10.8. The number of nitrogens with one attached hydrogen (secondary N) is 1. The Labute approximate surface area is 112 Å². The predicted octanol–water partition coefficient (Wildman–Crippen LogP) is 2.96. The number of amides is 1. The van der Waals surface area contributed by atoms with Crippen molar-refractivity contribution < 1.29 is 14.3 Å². The molecular formula is C15H15NO3. The normalized spacial score (nSPS) is 9.79. The number of anilines is 1. The van der Waals surface area contributed by atoms with E-state index in [0.717, 1.165) is 0 Å². The summed E-state index contributed by atoms with van der Waals surface area (Å²) in [5.41, 5.74) is 1.11. The molecule has 0 spiro atoms. The topological polar surface area (TPSA) is 47.6 Å². The minimum absolute atomic E-state index is 0.205. The van der Waals surface area contributed by atoms with Gasteiger partial charge >= 0.3 is 0 Å². The van der Waals surface area contributed by atoms with Gasteiger partial charge in [-0.1, -0.05) is 24.3 Å². The first-order valence-corrected chi connectivity index (χ1v) is 5.83. The molecule has 1 N–H and O–H groups in total. The fraction of sp³-hybridized carbons (Fsp3) is 0.133. The second kappa shape index (κ2) is 5.91. The molecule has 2 aromatic carbocycles. The quantitative estimate of drug-likeness (QED) is 0.916. The van der Waals surface area contributed by atoms with E-state index in [1.807, 2.05) is 18.2 Å². The highest BCUT2D eigenvalue weighted by molar-refractivity contribution is 6.05. The molecule has 0 heterocycles. The van der Waals surface area contributed by atoms with Crippen LogP contribution in [0.4, 0.5) is 5.69 Å². The molecule has 0 saturated carbocycles. The maximum Gasteiger partial charge on any atom is 0.255 e. The molecule has 4 nitrogen and oxygen atoms in total. The molecule has 0 radical (unpaired) electrons. The Balaban J connectivity index is 2.30. The second-order valence-electron chi connectivity index (χ2n) is 3.86. The number of ether oxygens (including phenoxy) is 2. The zero-order valence-electron chi connectivity index (χ0n) is 10.8. The van der Waals surface area contributed by atoms with Crippen LogP contribution < -0.4 is 14.8 Å². The van der Waals surface area contributed by atoms with Crippen LogP contribution in [0.25, 0.3) is 0 Å². The van der Waals surface area contributed by atoms with Crippen LogP contribution in [0.1, 0.15) is 10.4 Å². The molecule has 0 saturated heterocycles. The Morgan fingerprint density at radius 3 is 2.00 bits per heavy atom. The van der Waals surface area contributed by atoms with Gasteiger partial charge in [-0.25, -0.2) is 0 Å². The SMILES string of the molecule is COc1cccc(OC)c1NC(=O)c1ccccc1. The molecule has 0 aromatic heterocycles. The third-order valence-corrected chi connectivity index (χ3v) is 2.70. The van der Waals surface area contributed by atoms with Gasteiger partial charge in [0.05, 0.1) is 14.2 Å². The van der Waals surface area contributed by atoms with Crippen LogP contribution >= 0.6 is 0 Å². The van der Waals surface area contributed by atoms with Gasteiger partial charge in [-0.3, -0.25) is 4.79 Å². The van der Waals surface area contributed by atoms with Crippen molar-refractivity contribution in [1.29, 1.82) is 0 Å². The van der Waals surface area contributed by atoms with Crippen molar-refractivity contribution in [2.24, 2.45) is 0 Å². The van der Waals surface area contributed by atoms with Gasteiger partial charge < -0.3 is 14.8 Å². The van der Waals surface area contributed by atoms with Crippen LogP contribution in [0.15, 0.2) is 48.5 Å². The number of carbonyl (C=O) groups excluding carboxylic acids is 1. The summed E-state index contributed by atoms with van der Waals surface area (Å²) in [6.45, 7) is 0. The van der Waals surface area contributed by atoms with E-state index in [1.54, 1.807) is 44.6 Å².